The second kappa shape index (κ2) is 6.03. The Kier molecular flexibility index (Phi) is 4.04. The molecule has 0 spiro atoms. The summed E-state index contributed by atoms with van der Waals surface area (Å²) < 4.78 is 31.7. The number of aromatic nitrogens is 3. The van der Waals surface area contributed by atoms with E-state index in [9.17, 15) is 13.6 Å². The van der Waals surface area contributed by atoms with E-state index in [4.69, 9.17) is 4.42 Å². The van der Waals surface area contributed by atoms with E-state index in [1.165, 1.54) is 6.92 Å². The smallest absolute Gasteiger partial charge is 0.333 e. The maximum absolute atomic E-state index is 12.8. The summed E-state index contributed by atoms with van der Waals surface area (Å²) in [5.74, 6) is 0.227. The van der Waals surface area contributed by atoms with Gasteiger partial charge in [-0.15, -0.1) is 0 Å². The number of aryl methyl sites for hydroxylation is 2. The van der Waals surface area contributed by atoms with E-state index < -0.39 is 6.55 Å². The van der Waals surface area contributed by atoms with Crippen molar-refractivity contribution < 1.29 is 18.0 Å². The van der Waals surface area contributed by atoms with Crippen molar-refractivity contribution in [1.29, 1.82) is 0 Å². The lowest BCUT2D eigenvalue weighted by atomic mass is 10.1. The lowest BCUT2D eigenvalue weighted by Crippen LogP contribution is -2.15. The SMILES string of the molecule is Cc1nc2ccc(NC(=O)Cc3c(C)nn(C(F)F)c3C)cc2o1. The summed E-state index contributed by atoms with van der Waals surface area (Å²) in [5.41, 5.74) is 3.05. The van der Waals surface area contributed by atoms with Crippen molar-refractivity contribution in [2.24, 2.45) is 0 Å². The van der Waals surface area contributed by atoms with Gasteiger partial charge in [-0.25, -0.2) is 9.67 Å². The fourth-order valence-corrected chi connectivity index (χ4v) is 2.63. The fourth-order valence-electron chi connectivity index (χ4n) is 2.63. The van der Waals surface area contributed by atoms with Crippen LogP contribution in [-0.2, 0) is 11.2 Å². The van der Waals surface area contributed by atoms with Crippen LogP contribution in [0, 0.1) is 20.8 Å². The Labute approximate surface area is 136 Å². The van der Waals surface area contributed by atoms with Gasteiger partial charge in [-0.3, -0.25) is 4.79 Å². The Hall–Kier alpha value is -2.77. The third-order valence-corrected chi connectivity index (χ3v) is 3.78. The van der Waals surface area contributed by atoms with Crippen molar-refractivity contribution in [2.45, 2.75) is 33.7 Å². The highest BCUT2D eigenvalue weighted by molar-refractivity contribution is 5.94. The summed E-state index contributed by atoms with van der Waals surface area (Å²) >= 11 is 0. The minimum Gasteiger partial charge on any atom is -0.441 e. The number of alkyl halides is 2. The fraction of sp³-hybridized carbons (Fsp3) is 0.312. The summed E-state index contributed by atoms with van der Waals surface area (Å²) in [6, 6.07) is 5.13. The standard InChI is InChI=1S/C16H16F2N4O2/c1-8-12(9(2)22(21-8)16(17)18)7-15(23)20-11-4-5-13-14(6-11)24-10(3)19-13/h4-6,16H,7H2,1-3H3,(H,20,23). The molecule has 6 nitrogen and oxygen atoms in total. The van der Waals surface area contributed by atoms with E-state index in [2.05, 4.69) is 15.4 Å². The molecular formula is C16H16F2N4O2. The van der Waals surface area contributed by atoms with Crippen molar-refractivity contribution in [3.8, 4) is 0 Å². The maximum atomic E-state index is 12.8. The largest absolute Gasteiger partial charge is 0.441 e. The highest BCUT2D eigenvalue weighted by atomic mass is 19.3. The number of nitrogens with one attached hydrogen (secondary N) is 1. The molecule has 126 valence electrons. The van der Waals surface area contributed by atoms with Gasteiger partial charge in [0.15, 0.2) is 11.5 Å². The minimum atomic E-state index is -2.72. The number of halogens is 2. The molecule has 3 rings (SSSR count). The normalized spacial score (nSPS) is 11.4. The van der Waals surface area contributed by atoms with Gasteiger partial charge in [-0.05, 0) is 26.0 Å². The number of oxazole rings is 1. The van der Waals surface area contributed by atoms with Gasteiger partial charge in [0.2, 0.25) is 5.91 Å². The van der Waals surface area contributed by atoms with Gasteiger partial charge >= 0.3 is 6.55 Å². The molecule has 0 aliphatic rings. The second-order valence-corrected chi connectivity index (χ2v) is 5.51. The second-order valence-electron chi connectivity index (χ2n) is 5.51. The van der Waals surface area contributed by atoms with E-state index in [1.807, 2.05) is 0 Å². The predicted octanol–water partition coefficient (Wildman–Crippen LogP) is 3.53. The summed E-state index contributed by atoms with van der Waals surface area (Å²) in [6.45, 7) is 2.15. The van der Waals surface area contributed by atoms with Crippen molar-refractivity contribution in [1.82, 2.24) is 14.8 Å². The third-order valence-electron chi connectivity index (χ3n) is 3.78. The molecule has 0 saturated heterocycles. The molecule has 0 bridgehead atoms. The Morgan fingerprint density at radius 2 is 2.08 bits per heavy atom. The highest BCUT2D eigenvalue weighted by Gasteiger charge is 2.19. The molecule has 0 atom stereocenters. The van der Waals surface area contributed by atoms with Crippen molar-refractivity contribution in [3.05, 3.63) is 41.0 Å². The molecule has 1 N–H and O–H groups in total. The number of rotatable bonds is 4. The number of amides is 1. The molecular weight excluding hydrogens is 318 g/mol. The van der Waals surface area contributed by atoms with Gasteiger partial charge in [-0.1, -0.05) is 0 Å². The molecule has 0 aliphatic carbocycles. The number of hydrogen-bond acceptors (Lipinski definition) is 4. The molecule has 1 aromatic carbocycles. The van der Waals surface area contributed by atoms with Crippen LogP contribution in [0.5, 0.6) is 0 Å². The van der Waals surface area contributed by atoms with E-state index in [0.29, 0.717) is 44.3 Å². The topological polar surface area (TPSA) is 73.0 Å². The van der Waals surface area contributed by atoms with Crippen LogP contribution < -0.4 is 5.32 Å². The summed E-state index contributed by atoms with van der Waals surface area (Å²) in [5, 5.41) is 6.51. The predicted molar refractivity (Wildman–Crippen MR) is 84.0 cm³/mol. The molecule has 2 aromatic heterocycles. The van der Waals surface area contributed by atoms with E-state index in [1.54, 1.807) is 32.0 Å². The van der Waals surface area contributed by atoms with Crippen molar-refractivity contribution >= 4 is 22.7 Å². The van der Waals surface area contributed by atoms with E-state index >= 15 is 0 Å². The van der Waals surface area contributed by atoms with Crippen LogP contribution in [0.15, 0.2) is 22.6 Å². The Morgan fingerprint density at radius 1 is 1.33 bits per heavy atom. The van der Waals surface area contributed by atoms with Crippen molar-refractivity contribution in [2.75, 3.05) is 5.32 Å². The van der Waals surface area contributed by atoms with Crippen LogP contribution in [0.25, 0.3) is 11.1 Å². The molecule has 0 saturated carbocycles. The van der Waals surface area contributed by atoms with Gasteiger partial charge in [0.25, 0.3) is 0 Å². The number of carbonyl (C=O) groups excluding carboxylic acids is 1. The molecule has 1 amide bonds. The van der Waals surface area contributed by atoms with E-state index in [-0.39, 0.29) is 12.3 Å². The molecule has 0 unspecified atom stereocenters. The summed E-state index contributed by atoms with van der Waals surface area (Å²) in [6.07, 6.45) is -0.0299. The Bertz CT molecular complexity index is 914. The highest BCUT2D eigenvalue weighted by Crippen LogP contribution is 2.22. The Balaban J connectivity index is 1.77. The average molecular weight is 334 g/mol. The number of benzene rings is 1. The summed E-state index contributed by atoms with van der Waals surface area (Å²) in [4.78, 5) is 16.4. The molecule has 3 aromatic rings. The van der Waals surface area contributed by atoms with Crippen LogP contribution in [0.1, 0.15) is 29.4 Å². The van der Waals surface area contributed by atoms with Crippen LogP contribution in [0.3, 0.4) is 0 Å². The molecule has 0 radical (unpaired) electrons. The third kappa shape index (κ3) is 2.99. The quantitative estimate of drug-likeness (QED) is 0.792. The number of hydrogen-bond donors (Lipinski definition) is 1. The van der Waals surface area contributed by atoms with Gasteiger partial charge in [-0.2, -0.15) is 13.9 Å². The first-order valence-corrected chi connectivity index (χ1v) is 7.35. The monoisotopic (exact) mass is 334 g/mol. The lowest BCUT2D eigenvalue weighted by Gasteiger charge is -2.06. The van der Waals surface area contributed by atoms with Crippen LogP contribution >= 0.6 is 0 Å². The zero-order valence-electron chi connectivity index (χ0n) is 13.4. The zero-order valence-corrected chi connectivity index (χ0v) is 13.4. The number of carbonyl (C=O) groups is 1. The van der Waals surface area contributed by atoms with Crippen LogP contribution in [0.2, 0.25) is 0 Å². The van der Waals surface area contributed by atoms with Crippen molar-refractivity contribution in [3.63, 3.8) is 0 Å². The van der Waals surface area contributed by atoms with Gasteiger partial charge in [0.05, 0.1) is 12.1 Å². The number of anilines is 1. The molecule has 0 fully saturated rings. The first-order valence-electron chi connectivity index (χ1n) is 7.35. The first-order chi connectivity index (χ1) is 11.3. The van der Waals surface area contributed by atoms with Crippen LogP contribution in [0.4, 0.5) is 14.5 Å². The molecule has 8 heteroatoms. The Morgan fingerprint density at radius 3 is 2.75 bits per heavy atom. The molecule has 0 aliphatic heterocycles. The number of nitrogens with zero attached hydrogens (tertiary/aromatic N) is 3. The van der Waals surface area contributed by atoms with E-state index in [0.717, 1.165) is 0 Å². The maximum Gasteiger partial charge on any atom is 0.333 e. The summed E-state index contributed by atoms with van der Waals surface area (Å²) in [7, 11) is 0. The minimum absolute atomic E-state index is 0.0299. The molecule has 24 heavy (non-hydrogen) atoms. The van der Waals surface area contributed by atoms with Gasteiger partial charge in [0, 0.05) is 29.9 Å². The van der Waals surface area contributed by atoms with Crippen LogP contribution in [-0.4, -0.2) is 20.7 Å². The first kappa shape index (κ1) is 16.1. The average Bonchev–Trinajstić information content (AvgIpc) is 3.00. The van der Waals surface area contributed by atoms with Gasteiger partial charge < -0.3 is 9.73 Å². The lowest BCUT2D eigenvalue weighted by molar-refractivity contribution is -0.115. The number of fused-ring (bicyclic) bond motifs is 1. The van der Waals surface area contributed by atoms with Gasteiger partial charge in [0.1, 0.15) is 5.52 Å². The molecule has 2 heterocycles. The zero-order chi connectivity index (χ0) is 17.4.